The van der Waals surface area contributed by atoms with Crippen LogP contribution in [0.5, 0.6) is 0 Å². The molecule has 0 radical (unpaired) electrons. The minimum atomic E-state index is -1.11. The van der Waals surface area contributed by atoms with Crippen molar-refractivity contribution in [3.8, 4) is 11.1 Å². The highest BCUT2D eigenvalue weighted by Gasteiger charge is 2.30. The zero-order valence-electron chi connectivity index (χ0n) is 27.7. The fourth-order valence-corrected chi connectivity index (χ4v) is 4.50. The molecular formula is C34H49N3O8. The van der Waals surface area contributed by atoms with Gasteiger partial charge in [-0.3, -0.25) is 14.4 Å². The van der Waals surface area contributed by atoms with Crippen LogP contribution in [0, 0.1) is 6.92 Å². The Morgan fingerprint density at radius 3 is 1.93 bits per heavy atom. The molecule has 45 heavy (non-hydrogen) atoms. The van der Waals surface area contributed by atoms with Gasteiger partial charge < -0.3 is 35.2 Å². The molecule has 2 aromatic rings. The van der Waals surface area contributed by atoms with Crippen molar-refractivity contribution >= 4 is 29.4 Å². The molecule has 2 aromatic carbocycles. The quantitative estimate of drug-likeness (QED) is 0.230. The van der Waals surface area contributed by atoms with Gasteiger partial charge >= 0.3 is 11.9 Å². The molecule has 0 aliphatic heterocycles. The third-order valence-electron chi connectivity index (χ3n) is 6.58. The number of hydrogen-bond acceptors (Lipinski definition) is 9. The zero-order valence-corrected chi connectivity index (χ0v) is 27.7. The summed E-state index contributed by atoms with van der Waals surface area (Å²) < 4.78 is 10.8. The average Bonchev–Trinajstić information content (AvgIpc) is 2.93. The third kappa shape index (κ3) is 12.5. The molecule has 11 heteroatoms. The van der Waals surface area contributed by atoms with Crippen molar-refractivity contribution in [1.82, 2.24) is 10.6 Å². The second-order valence-corrected chi connectivity index (χ2v) is 12.9. The van der Waals surface area contributed by atoms with Crippen LogP contribution in [-0.2, 0) is 23.9 Å². The average molecular weight is 628 g/mol. The van der Waals surface area contributed by atoms with Gasteiger partial charge in [-0.05, 0) is 103 Å². The fraction of sp³-hybridized carbons (Fsp3) is 0.529. The van der Waals surface area contributed by atoms with Gasteiger partial charge in [-0.25, -0.2) is 4.79 Å². The summed E-state index contributed by atoms with van der Waals surface area (Å²) in [4.78, 5) is 53.0. The van der Waals surface area contributed by atoms with Gasteiger partial charge in [0.05, 0.1) is 13.2 Å². The molecule has 0 aromatic heterocycles. The summed E-state index contributed by atoms with van der Waals surface area (Å²) in [5.41, 5.74) is 2.58. The van der Waals surface area contributed by atoms with Gasteiger partial charge in [0.25, 0.3) is 5.91 Å². The van der Waals surface area contributed by atoms with Crippen LogP contribution in [-0.4, -0.2) is 83.6 Å². The number of carbonyl (C=O) groups excluding carboxylic acids is 4. The van der Waals surface area contributed by atoms with Crippen molar-refractivity contribution in [2.75, 3.05) is 31.2 Å². The first kappa shape index (κ1) is 37.2. The van der Waals surface area contributed by atoms with Crippen LogP contribution in [0.15, 0.2) is 42.5 Å². The van der Waals surface area contributed by atoms with Gasteiger partial charge in [0, 0.05) is 30.8 Å². The summed E-state index contributed by atoms with van der Waals surface area (Å²) in [6, 6.07) is 10.7. The number of benzene rings is 2. The highest BCUT2D eigenvalue weighted by molar-refractivity contribution is 5.98. The number of nitrogens with one attached hydrogen (secondary N) is 2. The van der Waals surface area contributed by atoms with Crippen LogP contribution in [0.25, 0.3) is 11.1 Å². The molecule has 0 heterocycles. The number of aliphatic hydroxyl groups excluding tert-OH is 2. The Bertz CT molecular complexity index is 1310. The van der Waals surface area contributed by atoms with Gasteiger partial charge in [0.2, 0.25) is 5.91 Å². The van der Waals surface area contributed by atoms with Gasteiger partial charge in [-0.15, -0.1) is 0 Å². The van der Waals surface area contributed by atoms with Crippen LogP contribution in [0.4, 0.5) is 5.69 Å². The molecule has 248 valence electrons. The molecule has 0 aliphatic rings. The lowest BCUT2D eigenvalue weighted by molar-refractivity contribution is -0.160. The Balaban J connectivity index is 2.09. The molecule has 0 spiro atoms. The minimum absolute atomic E-state index is 0.0248. The largest absolute Gasteiger partial charge is 0.460 e. The number of aryl methyl sites for hydroxylation is 1. The topological polar surface area (TPSA) is 154 Å². The molecule has 2 amide bonds. The third-order valence-corrected chi connectivity index (χ3v) is 6.58. The number of carbonyl (C=O) groups is 4. The van der Waals surface area contributed by atoms with Gasteiger partial charge in [0.1, 0.15) is 23.3 Å². The second kappa shape index (κ2) is 16.4. The maximum Gasteiger partial charge on any atom is 0.329 e. The van der Waals surface area contributed by atoms with Crippen molar-refractivity contribution in [3.63, 3.8) is 0 Å². The van der Waals surface area contributed by atoms with Crippen molar-refractivity contribution in [2.45, 2.75) is 91.5 Å². The van der Waals surface area contributed by atoms with E-state index in [4.69, 9.17) is 9.47 Å². The van der Waals surface area contributed by atoms with Crippen molar-refractivity contribution in [2.24, 2.45) is 0 Å². The first-order valence-electron chi connectivity index (χ1n) is 15.2. The summed E-state index contributed by atoms with van der Waals surface area (Å²) in [6.07, 6.45) is -0.140. The van der Waals surface area contributed by atoms with E-state index in [-0.39, 0.29) is 26.1 Å². The van der Waals surface area contributed by atoms with E-state index in [2.05, 4.69) is 10.6 Å². The highest BCUT2D eigenvalue weighted by Crippen LogP contribution is 2.28. The maximum atomic E-state index is 13.0. The lowest BCUT2D eigenvalue weighted by atomic mass is 9.98. The highest BCUT2D eigenvalue weighted by atomic mass is 16.6. The molecule has 0 fully saturated rings. The molecule has 0 unspecified atom stereocenters. The van der Waals surface area contributed by atoms with Crippen LogP contribution in [0.2, 0.25) is 0 Å². The first-order chi connectivity index (χ1) is 20.9. The van der Waals surface area contributed by atoms with Crippen LogP contribution in [0.1, 0.15) is 77.2 Å². The normalized spacial score (nSPS) is 12.9. The smallest absolute Gasteiger partial charge is 0.329 e. The molecule has 4 N–H and O–H groups in total. The van der Waals surface area contributed by atoms with Crippen molar-refractivity contribution < 1.29 is 38.9 Å². The first-order valence-corrected chi connectivity index (χ1v) is 15.2. The summed E-state index contributed by atoms with van der Waals surface area (Å²) in [5.74, 6) is -2.27. The molecule has 0 saturated heterocycles. The Kier molecular flexibility index (Phi) is 13.6. The predicted molar refractivity (Wildman–Crippen MR) is 173 cm³/mol. The molecule has 0 aliphatic carbocycles. The molecule has 0 saturated carbocycles. The predicted octanol–water partition coefficient (Wildman–Crippen LogP) is 3.52. The molecule has 2 atom stereocenters. The van der Waals surface area contributed by atoms with E-state index in [0.717, 1.165) is 22.4 Å². The minimum Gasteiger partial charge on any atom is -0.460 e. The van der Waals surface area contributed by atoms with Gasteiger partial charge in [0.15, 0.2) is 0 Å². The Morgan fingerprint density at radius 2 is 1.42 bits per heavy atom. The van der Waals surface area contributed by atoms with E-state index < -0.39 is 47.0 Å². The van der Waals surface area contributed by atoms with E-state index in [1.54, 1.807) is 53.7 Å². The molecular weight excluding hydrogens is 578 g/mol. The standard InChI is InChI=1S/C34H49N3O8/c1-22-21-26(37(17-19-38)18-20-39)13-14-27(22)24-9-11-25(12-10-24)31(42)35-23(2)30(41)36-28(32(43)45-34(6,7)8)15-16-29(40)44-33(3,4)5/h9-14,21,23,28,38-39H,15-20H2,1-8H3,(H,35,42)(H,36,41)/t23-,28-/m0/s1. The number of amides is 2. The summed E-state index contributed by atoms with van der Waals surface area (Å²) in [6.45, 7) is 14.6. The van der Waals surface area contributed by atoms with Crippen LogP contribution >= 0.6 is 0 Å². The maximum absolute atomic E-state index is 13.0. The molecule has 11 nitrogen and oxygen atoms in total. The second-order valence-electron chi connectivity index (χ2n) is 12.9. The summed E-state index contributed by atoms with van der Waals surface area (Å²) in [7, 11) is 0. The van der Waals surface area contributed by atoms with E-state index in [1.165, 1.54) is 6.92 Å². The Hall–Kier alpha value is -3.96. The van der Waals surface area contributed by atoms with Gasteiger partial charge in [-0.1, -0.05) is 18.2 Å². The zero-order chi connectivity index (χ0) is 33.9. The van der Waals surface area contributed by atoms with Gasteiger partial charge in [-0.2, -0.15) is 0 Å². The van der Waals surface area contributed by atoms with E-state index in [0.29, 0.717) is 18.7 Å². The summed E-state index contributed by atoms with van der Waals surface area (Å²) in [5, 5.41) is 23.9. The van der Waals surface area contributed by atoms with Crippen LogP contribution < -0.4 is 15.5 Å². The lowest BCUT2D eigenvalue weighted by Crippen LogP contribution is -2.51. The SMILES string of the molecule is Cc1cc(N(CCO)CCO)ccc1-c1ccc(C(=O)N[C@@H](C)C(=O)N[C@@H](CCC(=O)OC(C)(C)C)C(=O)OC(C)(C)C)cc1. The molecule has 0 bridgehead atoms. The number of ether oxygens (including phenoxy) is 2. The van der Waals surface area contributed by atoms with Crippen molar-refractivity contribution in [3.05, 3.63) is 53.6 Å². The Labute approximate surface area is 266 Å². The number of nitrogens with zero attached hydrogens (tertiary/aromatic N) is 1. The number of hydrogen-bond donors (Lipinski definition) is 4. The fourth-order valence-electron chi connectivity index (χ4n) is 4.50. The van der Waals surface area contributed by atoms with E-state index in [9.17, 15) is 29.4 Å². The number of rotatable bonds is 14. The molecule has 2 rings (SSSR count). The summed E-state index contributed by atoms with van der Waals surface area (Å²) >= 11 is 0. The van der Waals surface area contributed by atoms with E-state index >= 15 is 0 Å². The number of anilines is 1. The van der Waals surface area contributed by atoms with E-state index in [1.807, 2.05) is 42.2 Å². The number of esters is 2. The van der Waals surface area contributed by atoms with Crippen molar-refractivity contribution in [1.29, 1.82) is 0 Å². The monoisotopic (exact) mass is 627 g/mol. The number of aliphatic hydroxyl groups is 2. The lowest BCUT2D eigenvalue weighted by Gasteiger charge is -2.26. The Morgan fingerprint density at radius 1 is 0.844 bits per heavy atom. The van der Waals surface area contributed by atoms with Crippen LogP contribution in [0.3, 0.4) is 0 Å².